The topological polar surface area (TPSA) is 52.8 Å². The highest BCUT2D eigenvalue weighted by Gasteiger charge is 2.06. The second-order valence-electron chi connectivity index (χ2n) is 4.49. The number of methoxy groups -OCH3 is 2. The minimum Gasteiger partial charge on any atom is -0.493 e. The van der Waals surface area contributed by atoms with Gasteiger partial charge in [0.15, 0.2) is 16.3 Å². The van der Waals surface area contributed by atoms with Crippen molar-refractivity contribution in [2.75, 3.05) is 14.2 Å². The Bertz CT molecular complexity index is 688. The Hall–Kier alpha value is -2.08. The van der Waals surface area contributed by atoms with Crippen molar-refractivity contribution in [1.29, 1.82) is 0 Å². The number of thiazole rings is 1. The molecule has 0 spiro atoms. The third-order valence-corrected chi connectivity index (χ3v) is 3.90. The molecule has 112 valence electrons. The summed E-state index contributed by atoms with van der Waals surface area (Å²) >= 11 is 1.45. The Morgan fingerprint density at radius 2 is 2.05 bits per heavy atom. The van der Waals surface area contributed by atoms with E-state index in [1.165, 1.54) is 11.3 Å². The van der Waals surface area contributed by atoms with Crippen LogP contribution < -0.4 is 14.3 Å². The Labute approximate surface area is 127 Å². The predicted molar refractivity (Wildman–Crippen MR) is 81.7 cm³/mol. The summed E-state index contributed by atoms with van der Waals surface area (Å²) < 4.78 is 12.3. The molecule has 1 heterocycles. The molecule has 0 radical (unpaired) electrons. The van der Waals surface area contributed by atoms with Crippen LogP contribution in [0, 0.1) is 0 Å². The number of hydrogen-bond donors (Lipinski definition) is 0. The molecule has 0 saturated heterocycles. The summed E-state index contributed by atoms with van der Waals surface area (Å²) in [6.07, 6.45) is 2.87. The molecule has 1 amide bonds. The minimum absolute atomic E-state index is 0.122. The number of rotatable bonds is 5. The standard InChI is InChI=1S/C15H18N2O3S/c1-17-8-9-21-15(17)16-14(18)7-5-11-4-6-12(19-2)13(10-11)20-3/h4,6,8-10H,5,7H2,1-3H3. The minimum atomic E-state index is -0.122. The molecule has 0 unspecified atom stereocenters. The van der Waals surface area contributed by atoms with Crippen molar-refractivity contribution >= 4 is 17.2 Å². The van der Waals surface area contributed by atoms with Gasteiger partial charge in [-0.2, -0.15) is 4.99 Å². The van der Waals surface area contributed by atoms with E-state index in [1.807, 2.05) is 41.4 Å². The number of ether oxygens (including phenoxy) is 2. The van der Waals surface area contributed by atoms with E-state index < -0.39 is 0 Å². The van der Waals surface area contributed by atoms with E-state index in [2.05, 4.69) is 4.99 Å². The van der Waals surface area contributed by atoms with Crippen molar-refractivity contribution < 1.29 is 14.3 Å². The molecule has 0 atom stereocenters. The zero-order valence-electron chi connectivity index (χ0n) is 12.3. The van der Waals surface area contributed by atoms with Gasteiger partial charge < -0.3 is 14.0 Å². The number of benzene rings is 1. The van der Waals surface area contributed by atoms with E-state index in [0.29, 0.717) is 29.1 Å². The van der Waals surface area contributed by atoms with Crippen molar-refractivity contribution in [1.82, 2.24) is 4.57 Å². The Kier molecular flexibility index (Phi) is 5.16. The van der Waals surface area contributed by atoms with Gasteiger partial charge in [-0.15, -0.1) is 11.3 Å². The maximum Gasteiger partial charge on any atom is 0.248 e. The lowest BCUT2D eigenvalue weighted by molar-refractivity contribution is -0.118. The summed E-state index contributed by atoms with van der Waals surface area (Å²) in [5, 5.41) is 1.90. The molecule has 0 N–H and O–H groups in total. The van der Waals surface area contributed by atoms with Crippen molar-refractivity contribution in [3.63, 3.8) is 0 Å². The van der Waals surface area contributed by atoms with Gasteiger partial charge in [0, 0.05) is 25.0 Å². The normalized spacial score (nSPS) is 11.5. The van der Waals surface area contributed by atoms with E-state index in [4.69, 9.17) is 9.47 Å². The molecule has 21 heavy (non-hydrogen) atoms. The molecule has 0 aliphatic carbocycles. The maximum atomic E-state index is 11.9. The van der Waals surface area contributed by atoms with Gasteiger partial charge >= 0.3 is 0 Å². The number of aryl methyl sites for hydroxylation is 2. The zero-order valence-corrected chi connectivity index (χ0v) is 13.1. The van der Waals surface area contributed by atoms with Gasteiger partial charge in [0.2, 0.25) is 5.91 Å². The second-order valence-corrected chi connectivity index (χ2v) is 5.36. The summed E-state index contributed by atoms with van der Waals surface area (Å²) in [6, 6.07) is 5.66. The number of carbonyl (C=O) groups is 1. The van der Waals surface area contributed by atoms with E-state index in [1.54, 1.807) is 14.2 Å². The molecule has 0 aliphatic rings. The van der Waals surface area contributed by atoms with Gasteiger partial charge in [-0.05, 0) is 24.1 Å². The first-order valence-electron chi connectivity index (χ1n) is 6.52. The van der Waals surface area contributed by atoms with Gasteiger partial charge in [0.25, 0.3) is 0 Å². The van der Waals surface area contributed by atoms with Gasteiger partial charge in [0.05, 0.1) is 14.2 Å². The fourth-order valence-corrected chi connectivity index (χ4v) is 2.63. The molecule has 2 rings (SSSR count). The quantitative estimate of drug-likeness (QED) is 0.850. The monoisotopic (exact) mass is 306 g/mol. The summed E-state index contributed by atoms with van der Waals surface area (Å²) in [7, 11) is 5.07. The molecule has 0 bridgehead atoms. The molecule has 1 aromatic heterocycles. The lowest BCUT2D eigenvalue weighted by atomic mass is 10.1. The van der Waals surface area contributed by atoms with E-state index in [0.717, 1.165) is 5.56 Å². The molecule has 0 aliphatic heterocycles. The molecule has 5 nitrogen and oxygen atoms in total. The number of hydrogen-bond acceptors (Lipinski definition) is 4. The van der Waals surface area contributed by atoms with Gasteiger partial charge in [-0.25, -0.2) is 0 Å². The fourth-order valence-electron chi connectivity index (χ4n) is 1.88. The molecule has 6 heteroatoms. The first-order valence-corrected chi connectivity index (χ1v) is 7.40. The van der Waals surface area contributed by atoms with Crippen LogP contribution in [0.4, 0.5) is 0 Å². The van der Waals surface area contributed by atoms with Crippen molar-refractivity contribution in [2.24, 2.45) is 12.0 Å². The second kappa shape index (κ2) is 7.08. The Morgan fingerprint density at radius 3 is 2.67 bits per heavy atom. The first-order chi connectivity index (χ1) is 10.1. The van der Waals surface area contributed by atoms with Crippen molar-refractivity contribution in [2.45, 2.75) is 12.8 Å². The smallest absolute Gasteiger partial charge is 0.248 e. The third-order valence-electron chi connectivity index (χ3n) is 3.06. The van der Waals surface area contributed by atoms with E-state index in [-0.39, 0.29) is 5.91 Å². The summed E-state index contributed by atoms with van der Waals surface area (Å²) in [4.78, 5) is 16.7. The van der Waals surface area contributed by atoms with Gasteiger partial charge in [-0.3, -0.25) is 4.79 Å². The SMILES string of the molecule is COc1ccc(CCC(=O)N=c2sccn2C)cc1OC. The van der Waals surface area contributed by atoms with Crippen LogP contribution in [0.5, 0.6) is 11.5 Å². The molecule has 2 aromatic rings. The largest absolute Gasteiger partial charge is 0.493 e. The molecule has 1 aromatic carbocycles. The summed E-state index contributed by atoms with van der Waals surface area (Å²) in [5.74, 6) is 1.23. The van der Waals surface area contributed by atoms with Crippen LogP contribution in [0.3, 0.4) is 0 Å². The Balaban J connectivity index is 2.03. The number of carbonyl (C=O) groups excluding carboxylic acids is 1. The van der Waals surface area contributed by atoms with Crippen LogP contribution >= 0.6 is 11.3 Å². The van der Waals surface area contributed by atoms with Gasteiger partial charge in [0.1, 0.15) is 0 Å². The average Bonchev–Trinajstić information content (AvgIpc) is 2.90. The lowest BCUT2D eigenvalue weighted by Crippen LogP contribution is -2.12. The van der Waals surface area contributed by atoms with Gasteiger partial charge in [-0.1, -0.05) is 6.07 Å². The van der Waals surface area contributed by atoms with Crippen LogP contribution in [0.2, 0.25) is 0 Å². The van der Waals surface area contributed by atoms with Crippen molar-refractivity contribution in [3.05, 3.63) is 40.1 Å². The van der Waals surface area contributed by atoms with E-state index >= 15 is 0 Å². The highest BCUT2D eigenvalue weighted by atomic mass is 32.1. The Morgan fingerprint density at radius 1 is 1.29 bits per heavy atom. The first kappa shape index (κ1) is 15.3. The maximum absolute atomic E-state index is 11.9. The van der Waals surface area contributed by atoms with Crippen LogP contribution in [0.25, 0.3) is 0 Å². The molecule has 0 fully saturated rings. The average molecular weight is 306 g/mol. The summed E-state index contributed by atoms with van der Waals surface area (Å²) in [6.45, 7) is 0. The summed E-state index contributed by atoms with van der Waals surface area (Å²) in [5.41, 5.74) is 1.02. The molecule has 0 saturated carbocycles. The zero-order chi connectivity index (χ0) is 15.2. The lowest BCUT2D eigenvalue weighted by Gasteiger charge is -2.08. The third kappa shape index (κ3) is 3.95. The highest BCUT2D eigenvalue weighted by molar-refractivity contribution is 7.07. The van der Waals surface area contributed by atoms with Crippen LogP contribution in [0.15, 0.2) is 34.8 Å². The molecular formula is C15H18N2O3S. The fraction of sp³-hybridized carbons (Fsp3) is 0.333. The van der Waals surface area contributed by atoms with Crippen LogP contribution in [0.1, 0.15) is 12.0 Å². The van der Waals surface area contributed by atoms with Crippen molar-refractivity contribution in [3.8, 4) is 11.5 Å². The predicted octanol–water partition coefficient (Wildman–Crippen LogP) is 2.16. The van der Waals surface area contributed by atoms with Crippen LogP contribution in [-0.4, -0.2) is 24.7 Å². The number of nitrogens with zero attached hydrogens (tertiary/aromatic N) is 2. The number of amides is 1. The van der Waals surface area contributed by atoms with E-state index in [9.17, 15) is 4.79 Å². The number of aromatic nitrogens is 1. The van der Waals surface area contributed by atoms with Crippen LogP contribution in [-0.2, 0) is 18.3 Å². The molecular weight excluding hydrogens is 288 g/mol. The highest BCUT2D eigenvalue weighted by Crippen LogP contribution is 2.27.